The van der Waals surface area contributed by atoms with Crippen LogP contribution in [0.1, 0.15) is 29.7 Å². The van der Waals surface area contributed by atoms with Gasteiger partial charge in [0, 0.05) is 32.0 Å². The normalized spacial score (nSPS) is 13.3. The zero-order valence-corrected chi connectivity index (χ0v) is 14.5. The minimum absolute atomic E-state index is 0.183. The van der Waals surface area contributed by atoms with E-state index in [1.165, 1.54) is 0 Å². The molecule has 6 nitrogen and oxygen atoms in total. The van der Waals surface area contributed by atoms with Gasteiger partial charge in [-0.2, -0.15) is 5.10 Å². The maximum Gasteiger partial charge on any atom is 0.314 e. The molecule has 0 aliphatic rings. The van der Waals surface area contributed by atoms with E-state index in [1.807, 2.05) is 49.8 Å². The average molecular weight is 330 g/mol. The van der Waals surface area contributed by atoms with Crippen molar-refractivity contribution in [3.8, 4) is 0 Å². The van der Waals surface area contributed by atoms with Crippen LogP contribution in [0.4, 0.5) is 4.79 Å². The number of aliphatic hydroxyl groups excluding tert-OH is 1. The molecule has 1 aromatic heterocycles. The predicted molar refractivity (Wildman–Crippen MR) is 93.7 cm³/mol. The summed E-state index contributed by atoms with van der Waals surface area (Å²) in [5, 5.41) is 19.9. The summed E-state index contributed by atoms with van der Waals surface area (Å²) >= 11 is 0. The molecule has 2 rings (SSSR count). The quantitative estimate of drug-likeness (QED) is 0.728. The average Bonchev–Trinajstić information content (AvgIpc) is 3.02. The fraction of sp³-hybridized carbons (Fsp3) is 0.444. The van der Waals surface area contributed by atoms with E-state index < -0.39 is 6.10 Å². The van der Waals surface area contributed by atoms with Crippen molar-refractivity contribution in [3.63, 3.8) is 0 Å². The molecule has 0 saturated heterocycles. The van der Waals surface area contributed by atoms with Gasteiger partial charge in [0.05, 0.1) is 6.10 Å². The predicted octanol–water partition coefficient (Wildman–Crippen LogP) is 2.17. The highest BCUT2D eigenvalue weighted by molar-refractivity contribution is 5.73. The molecule has 0 unspecified atom stereocenters. The van der Waals surface area contributed by atoms with Gasteiger partial charge in [-0.1, -0.05) is 36.2 Å². The van der Waals surface area contributed by atoms with E-state index in [9.17, 15) is 9.90 Å². The van der Waals surface area contributed by atoms with Crippen molar-refractivity contribution in [3.05, 3.63) is 53.3 Å². The summed E-state index contributed by atoms with van der Waals surface area (Å²) in [4.78, 5) is 11.9. The van der Waals surface area contributed by atoms with Crippen LogP contribution in [-0.4, -0.2) is 34.0 Å². The molecule has 2 aromatic rings. The molecule has 0 aliphatic heterocycles. The van der Waals surface area contributed by atoms with Crippen LogP contribution in [0, 0.1) is 19.8 Å². The van der Waals surface area contributed by atoms with Gasteiger partial charge in [-0.15, -0.1) is 0 Å². The Labute approximate surface area is 142 Å². The molecule has 0 aliphatic carbocycles. The van der Waals surface area contributed by atoms with Gasteiger partial charge >= 0.3 is 6.03 Å². The molecule has 0 spiro atoms. The SMILES string of the molecule is Cc1cc(C)cc([C@H](O)CNC(=O)NC[C@H](C)Cn2cccn2)c1. The van der Waals surface area contributed by atoms with Crippen molar-refractivity contribution in [2.45, 2.75) is 33.4 Å². The highest BCUT2D eigenvalue weighted by atomic mass is 16.3. The van der Waals surface area contributed by atoms with Crippen molar-refractivity contribution in [1.29, 1.82) is 0 Å². The molecule has 0 fully saturated rings. The van der Waals surface area contributed by atoms with Crippen LogP contribution in [0.3, 0.4) is 0 Å². The number of rotatable bonds is 7. The number of urea groups is 1. The van der Waals surface area contributed by atoms with Crippen LogP contribution in [-0.2, 0) is 6.54 Å². The number of nitrogens with zero attached hydrogens (tertiary/aromatic N) is 2. The van der Waals surface area contributed by atoms with Crippen molar-refractivity contribution in [2.24, 2.45) is 5.92 Å². The molecule has 6 heteroatoms. The first-order valence-electron chi connectivity index (χ1n) is 8.19. The maximum absolute atomic E-state index is 11.9. The highest BCUT2D eigenvalue weighted by Crippen LogP contribution is 2.16. The van der Waals surface area contributed by atoms with Gasteiger partial charge in [0.1, 0.15) is 0 Å². The van der Waals surface area contributed by atoms with Gasteiger partial charge in [0.25, 0.3) is 0 Å². The summed E-state index contributed by atoms with van der Waals surface area (Å²) in [5.74, 6) is 0.264. The maximum atomic E-state index is 11.9. The molecular weight excluding hydrogens is 304 g/mol. The third kappa shape index (κ3) is 5.70. The summed E-state index contributed by atoms with van der Waals surface area (Å²) in [7, 11) is 0. The van der Waals surface area contributed by atoms with Gasteiger partial charge in [-0.3, -0.25) is 4.68 Å². The van der Waals surface area contributed by atoms with E-state index in [-0.39, 0.29) is 18.5 Å². The Morgan fingerprint density at radius 1 is 1.21 bits per heavy atom. The van der Waals surface area contributed by atoms with Gasteiger partial charge in [-0.25, -0.2) is 4.79 Å². The lowest BCUT2D eigenvalue weighted by Crippen LogP contribution is -2.40. The number of aliphatic hydroxyl groups is 1. The summed E-state index contributed by atoms with van der Waals surface area (Å²) in [5.41, 5.74) is 3.02. The molecule has 0 saturated carbocycles. The van der Waals surface area contributed by atoms with Crippen LogP contribution in [0.15, 0.2) is 36.7 Å². The number of benzene rings is 1. The number of carbonyl (C=O) groups excluding carboxylic acids is 1. The Balaban J connectivity index is 1.72. The number of nitrogens with one attached hydrogen (secondary N) is 2. The summed E-state index contributed by atoms with van der Waals surface area (Å²) in [6.45, 7) is 7.51. The topological polar surface area (TPSA) is 79.2 Å². The highest BCUT2D eigenvalue weighted by Gasteiger charge is 2.11. The van der Waals surface area contributed by atoms with E-state index in [2.05, 4.69) is 21.8 Å². The number of carbonyl (C=O) groups is 1. The number of aryl methyl sites for hydroxylation is 2. The molecule has 24 heavy (non-hydrogen) atoms. The third-order valence-corrected chi connectivity index (χ3v) is 3.75. The Morgan fingerprint density at radius 3 is 2.50 bits per heavy atom. The van der Waals surface area contributed by atoms with Crippen LogP contribution in [0.25, 0.3) is 0 Å². The molecule has 130 valence electrons. The number of hydrogen-bond acceptors (Lipinski definition) is 3. The lowest BCUT2D eigenvalue weighted by Gasteiger charge is -2.16. The smallest absolute Gasteiger partial charge is 0.314 e. The van der Waals surface area contributed by atoms with Gasteiger partial charge in [-0.05, 0) is 31.4 Å². The molecule has 3 N–H and O–H groups in total. The standard InChI is InChI=1S/C18H26N4O2/c1-13-7-14(2)9-16(8-13)17(23)11-20-18(24)19-10-15(3)12-22-6-4-5-21-22/h4-9,15,17,23H,10-12H2,1-3H3,(H2,19,20,24)/t15-,17+/m0/s1. The fourth-order valence-electron chi connectivity index (χ4n) is 2.63. The zero-order chi connectivity index (χ0) is 17.5. The number of amides is 2. The lowest BCUT2D eigenvalue weighted by molar-refractivity contribution is 0.172. The van der Waals surface area contributed by atoms with Crippen molar-refractivity contribution < 1.29 is 9.90 Å². The molecular formula is C18H26N4O2. The monoisotopic (exact) mass is 330 g/mol. The fourth-order valence-corrected chi connectivity index (χ4v) is 2.63. The second kappa shape index (κ2) is 8.49. The summed E-state index contributed by atoms with van der Waals surface area (Å²) in [6, 6.07) is 7.52. The Hall–Kier alpha value is -2.34. The van der Waals surface area contributed by atoms with E-state index in [0.717, 1.165) is 23.2 Å². The molecule has 0 radical (unpaired) electrons. The van der Waals surface area contributed by atoms with Gasteiger partial charge < -0.3 is 15.7 Å². The molecule has 1 aromatic carbocycles. The molecule has 2 atom stereocenters. The zero-order valence-electron chi connectivity index (χ0n) is 14.5. The van der Waals surface area contributed by atoms with Crippen LogP contribution >= 0.6 is 0 Å². The minimum Gasteiger partial charge on any atom is -0.387 e. The molecule has 2 amide bonds. The van der Waals surface area contributed by atoms with Crippen molar-refractivity contribution >= 4 is 6.03 Å². The second-order valence-electron chi connectivity index (χ2n) is 6.36. The van der Waals surface area contributed by atoms with E-state index in [4.69, 9.17) is 0 Å². The number of hydrogen-bond donors (Lipinski definition) is 3. The van der Waals surface area contributed by atoms with E-state index in [0.29, 0.717) is 6.54 Å². The van der Waals surface area contributed by atoms with Crippen LogP contribution in [0.2, 0.25) is 0 Å². The van der Waals surface area contributed by atoms with E-state index >= 15 is 0 Å². The minimum atomic E-state index is -0.712. The van der Waals surface area contributed by atoms with Gasteiger partial charge in [0.2, 0.25) is 0 Å². The lowest BCUT2D eigenvalue weighted by atomic mass is 10.0. The van der Waals surface area contributed by atoms with E-state index in [1.54, 1.807) is 6.20 Å². The summed E-state index contributed by atoms with van der Waals surface area (Å²) < 4.78 is 1.84. The third-order valence-electron chi connectivity index (χ3n) is 3.75. The molecule has 1 heterocycles. The first-order chi connectivity index (χ1) is 11.4. The summed E-state index contributed by atoms with van der Waals surface area (Å²) in [6.07, 6.45) is 2.92. The van der Waals surface area contributed by atoms with Gasteiger partial charge in [0.15, 0.2) is 0 Å². The second-order valence-corrected chi connectivity index (χ2v) is 6.36. The van der Waals surface area contributed by atoms with Crippen LogP contribution < -0.4 is 10.6 Å². The Morgan fingerprint density at radius 2 is 1.88 bits per heavy atom. The first kappa shape index (κ1) is 18.0. The Bertz CT molecular complexity index is 635. The molecule has 0 bridgehead atoms. The van der Waals surface area contributed by atoms with Crippen LogP contribution in [0.5, 0.6) is 0 Å². The Kier molecular flexibility index (Phi) is 6.37. The van der Waals surface area contributed by atoms with Crippen molar-refractivity contribution in [1.82, 2.24) is 20.4 Å². The van der Waals surface area contributed by atoms with Crippen molar-refractivity contribution in [2.75, 3.05) is 13.1 Å². The number of aromatic nitrogens is 2. The largest absolute Gasteiger partial charge is 0.387 e. The first-order valence-corrected chi connectivity index (χ1v) is 8.19.